The fraction of sp³-hybridized carbons (Fsp3) is 0.227. The average molecular weight is 354 g/mol. The molecule has 138 valence electrons. The molecular formula is C22H26O4. The Labute approximate surface area is 155 Å². The van der Waals surface area contributed by atoms with E-state index in [9.17, 15) is 15.0 Å². The van der Waals surface area contributed by atoms with Gasteiger partial charge in [0.25, 0.3) is 0 Å². The van der Waals surface area contributed by atoms with Crippen LogP contribution in [0.1, 0.15) is 44.7 Å². The topological polar surface area (TPSA) is 66.8 Å². The van der Waals surface area contributed by atoms with Gasteiger partial charge in [0, 0.05) is 6.92 Å². The number of carbonyl (C=O) groups excluding carboxylic acids is 1. The molecule has 0 radical (unpaired) electrons. The summed E-state index contributed by atoms with van der Waals surface area (Å²) >= 11 is 0. The highest BCUT2D eigenvalue weighted by Gasteiger charge is 2.09. The summed E-state index contributed by atoms with van der Waals surface area (Å²) in [6.45, 7) is 8.75. The summed E-state index contributed by atoms with van der Waals surface area (Å²) in [7, 11) is 0. The zero-order valence-corrected chi connectivity index (χ0v) is 15.5. The predicted octanol–water partition coefficient (Wildman–Crippen LogP) is 5.52. The van der Waals surface area contributed by atoms with E-state index in [1.165, 1.54) is 18.1 Å². The van der Waals surface area contributed by atoms with Crippen LogP contribution in [0.2, 0.25) is 0 Å². The van der Waals surface area contributed by atoms with Gasteiger partial charge in [-0.05, 0) is 59.4 Å². The van der Waals surface area contributed by atoms with E-state index >= 15 is 0 Å². The van der Waals surface area contributed by atoms with Gasteiger partial charge >= 0.3 is 5.97 Å². The summed E-state index contributed by atoms with van der Waals surface area (Å²) in [6, 6.07) is 14.7. The molecule has 0 unspecified atom stereocenters. The zero-order chi connectivity index (χ0) is 19.5. The molecule has 0 saturated heterocycles. The van der Waals surface area contributed by atoms with Gasteiger partial charge in [0.1, 0.15) is 11.5 Å². The molecule has 0 aliphatic carbocycles. The van der Waals surface area contributed by atoms with Crippen LogP contribution < -0.4 is 0 Å². The van der Waals surface area contributed by atoms with Gasteiger partial charge in [-0.3, -0.25) is 4.79 Å². The van der Waals surface area contributed by atoms with Crippen LogP contribution >= 0.6 is 0 Å². The number of aromatic hydroxyl groups is 2. The standard InChI is InChI=1S/C18H20O2.C4H6O2/c1-3-17(13-5-9-15(19)10-6-13)18(4-2)14-7-11-16(20)12-8-14;1-3-6-4(2)5/h5-12,19-20H,3-4H2,1-2H3;3H,1H2,2H3/b18-17+;. The van der Waals surface area contributed by atoms with Gasteiger partial charge in [0.15, 0.2) is 0 Å². The van der Waals surface area contributed by atoms with Crippen LogP contribution in [-0.4, -0.2) is 16.2 Å². The molecule has 26 heavy (non-hydrogen) atoms. The first-order chi connectivity index (χ1) is 12.4. The number of allylic oxidation sites excluding steroid dienone is 2. The molecule has 0 amide bonds. The van der Waals surface area contributed by atoms with E-state index in [4.69, 9.17) is 0 Å². The summed E-state index contributed by atoms with van der Waals surface area (Å²) in [4.78, 5) is 9.75. The number of hydrogen-bond acceptors (Lipinski definition) is 4. The van der Waals surface area contributed by atoms with Crippen molar-refractivity contribution in [1.29, 1.82) is 0 Å². The molecule has 0 heterocycles. The molecular weight excluding hydrogens is 328 g/mol. The number of ether oxygens (including phenoxy) is 1. The Bertz CT molecular complexity index is 685. The molecule has 2 aromatic rings. The fourth-order valence-corrected chi connectivity index (χ4v) is 2.63. The van der Waals surface area contributed by atoms with Crippen molar-refractivity contribution >= 4 is 17.1 Å². The number of rotatable bonds is 5. The smallest absolute Gasteiger partial charge is 0.307 e. The van der Waals surface area contributed by atoms with E-state index in [1.54, 1.807) is 24.3 Å². The average Bonchev–Trinajstić information content (AvgIpc) is 2.62. The number of hydrogen-bond donors (Lipinski definition) is 2. The quantitative estimate of drug-likeness (QED) is 0.421. The van der Waals surface area contributed by atoms with Crippen molar-refractivity contribution in [2.75, 3.05) is 0 Å². The Balaban J connectivity index is 0.000000487. The van der Waals surface area contributed by atoms with Gasteiger partial charge in [0.05, 0.1) is 6.26 Å². The summed E-state index contributed by atoms with van der Waals surface area (Å²) in [6.07, 6.45) is 2.95. The van der Waals surface area contributed by atoms with Gasteiger partial charge in [-0.25, -0.2) is 0 Å². The van der Waals surface area contributed by atoms with Crippen LogP contribution in [-0.2, 0) is 9.53 Å². The molecule has 2 aromatic carbocycles. The minimum atomic E-state index is -0.329. The van der Waals surface area contributed by atoms with Gasteiger partial charge in [-0.15, -0.1) is 0 Å². The molecule has 0 spiro atoms. The van der Waals surface area contributed by atoms with E-state index in [-0.39, 0.29) is 17.5 Å². The van der Waals surface area contributed by atoms with Crippen LogP contribution in [0.5, 0.6) is 11.5 Å². The van der Waals surface area contributed by atoms with E-state index in [2.05, 4.69) is 25.2 Å². The third kappa shape index (κ3) is 6.48. The van der Waals surface area contributed by atoms with Gasteiger partial charge < -0.3 is 14.9 Å². The predicted molar refractivity (Wildman–Crippen MR) is 106 cm³/mol. The van der Waals surface area contributed by atoms with E-state index in [0.29, 0.717) is 0 Å². The Kier molecular flexibility index (Phi) is 8.71. The first-order valence-electron chi connectivity index (χ1n) is 8.51. The lowest BCUT2D eigenvalue weighted by Gasteiger charge is -2.14. The summed E-state index contributed by atoms with van der Waals surface area (Å²) in [5.74, 6) is 0.240. The summed E-state index contributed by atoms with van der Waals surface area (Å²) < 4.78 is 4.17. The second-order valence-corrected chi connectivity index (χ2v) is 5.53. The minimum Gasteiger partial charge on any atom is -0.508 e. The maximum absolute atomic E-state index is 9.75. The van der Waals surface area contributed by atoms with Crippen LogP contribution in [0.3, 0.4) is 0 Å². The van der Waals surface area contributed by atoms with Crippen LogP contribution in [0.4, 0.5) is 0 Å². The van der Waals surface area contributed by atoms with Crippen LogP contribution in [0, 0.1) is 0 Å². The van der Waals surface area contributed by atoms with Gasteiger partial charge in [-0.1, -0.05) is 44.7 Å². The lowest BCUT2D eigenvalue weighted by atomic mass is 9.91. The van der Waals surface area contributed by atoms with Crippen molar-refractivity contribution in [1.82, 2.24) is 0 Å². The maximum atomic E-state index is 9.75. The molecule has 4 heteroatoms. The molecule has 0 saturated carbocycles. The van der Waals surface area contributed by atoms with Crippen molar-refractivity contribution < 1.29 is 19.7 Å². The third-order valence-corrected chi connectivity index (χ3v) is 3.75. The molecule has 0 atom stereocenters. The SMILES string of the molecule is C=COC(C)=O.CC/C(=C(/CC)c1ccc(O)cc1)c1ccc(O)cc1. The van der Waals surface area contributed by atoms with Crippen molar-refractivity contribution in [3.05, 3.63) is 72.5 Å². The fourth-order valence-electron chi connectivity index (χ4n) is 2.63. The lowest BCUT2D eigenvalue weighted by Crippen LogP contribution is -1.91. The van der Waals surface area contributed by atoms with Crippen molar-refractivity contribution in [3.63, 3.8) is 0 Å². The van der Waals surface area contributed by atoms with Crippen LogP contribution in [0.25, 0.3) is 11.1 Å². The molecule has 0 bridgehead atoms. The first-order valence-corrected chi connectivity index (χ1v) is 8.51. The minimum absolute atomic E-state index is 0.284. The Morgan fingerprint density at radius 2 is 1.23 bits per heavy atom. The Morgan fingerprint density at radius 3 is 1.42 bits per heavy atom. The second-order valence-electron chi connectivity index (χ2n) is 5.53. The van der Waals surface area contributed by atoms with Crippen molar-refractivity contribution in [2.24, 2.45) is 0 Å². The van der Waals surface area contributed by atoms with Gasteiger partial charge in [-0.2, -0.15) is 0 Å². The molecule has 0 fully saturated rings. The van der Waals surface area contributed by atoms with E-state index < -0.39 is 0 Å². The Morgan fingerprint density at radius 1 is 0.885 bits per heavy atom. The Hall–Kier alpha value is -3.01. The van der Waals surface area contributed by atoms with E-state index in [0.717, 1.165) is 30.2 Å². The lowest BCUT2D eigenvalue weighted by molar-refractivity contribution is -0.135. The third-order valence-electron chi connectivity index (χ3n) is 3.75. The largest absolute Gasteiger partial charge is 0.508 e. The molecule has 0 aliphatic heterocycles. The number of esters is 1. The maximum Gasteiger partial charge on any atom is 0.307 e. The van der Waals surface area contributed by atoms with Gasteiger partial charge in [0.2, 0.25) is 0 Å². The molecule has 2 rings (SSSR count). The summed E-state index contributed by atoms with van der Waals surface area (Å²) in [5.41, 5.74) is 4.82. The summed E-state index contributed by atoms with van der Waals surface area (Å²) in [5, 5.41) is 18.8. The highest BCUT2D eigenvalue weighted by Crippen LogP contribution is 2.32. The second kappa shape index (κ2) is 10.8. The first kappa shape index (κ1) is 21.0. The number of benzene rings is 2. The highest BCUT2D eigenvalue weighted by atomic mass is 16.5. The van der Waals surface area contributed by atoms with Crippen molar-refractivity contribution in [3.8, 4) is 11.5 Å². The van der Waals surface area contributed by atoms with Crippen molar-refractivity contribution in [2.45, 2.75) is 33.6 Å². The molecule has 4 nitrogen and oxygen atoms in total. The monoisotopic (exact) mass is 354 g/mol. The number of phenols is 2. The normalized spacial score (nSPS) is 10.9. The van der Waals surface area contributed by atoms with Crippen LogP contribution in [0.15, 0.2) is 61.4 Å². The zero-order valence-electron chi connectivity index (χ0n) is 15.5. The molecule has 0 aliphatic rings. The molecule has 0 aromatic heterocycles. The van der Waals surface area contributed by atoms with E-state index in [1.807, 2.05) is 24.3 Å². The highest BCUT2D eigenvalue weighted by molar-refractivity contribution is 5.90. The number of phenolic OH excluding ortho intramolecular Hbond substituents is 2. The molecule has 2 N–H and O–H groups in total. The number of carbonyl (C=O) groups is 1.